The number of hydrogen-bond donors (Lipinski definition) is 0. The van der Waals surface area contributed by atoms with Crippen molar-refractivity contribution in [3.8, 4) is 0 Å². The van der Waals surface area contributed by atoms with Gasteiger partial charge in [-0.15, -0.1) is 6.58 Å². The molecule has 0 radical (unpaired) electrons. The van der Waals surface area contributed by atoms with Crippen molar-refractivity contribution in [2.45, 2.75) is 71.1 Å². The Balaban J connectivity index is 0.000000237. The van der Waals surface area contributed by atoms with Crippen molar-refractivity contribution < 1.29 is 4.79 Å². The molecule has 0 unspecified atom stereocenters. The predicted octanol–water partition coefficient (Wildman–Crippen LogP) is 7.35. The number of carbonyl (C=O) groups is 1. The molecule has 0 aromatic heterocycles. The van der Waals surface area contributed by atoms with Crippen LogP contribution in [0.5, 0.6) is 0 Å². The molecule has 2 aromatic rings. The zero-order chi connectivity index (χ0) is 20.1. The molecule has 0 N–H and O–H groups in total. The smallest absolute Gasteiger partial charge is 0.133 e. The third kappa shape index (κ3) is 8.69. The van der Waals surface area contributed by atoms with E-state index < -0.39 is 0 Å². The largest absolute Gasteiger partial charge is 0.300 e. The maximum atomic E-state index is 11.5. The summed E-state index contributed by atoms with van der Waals surface area (Å²) in [7, 11) is 0. The van der Waals surface area contributed by atoms with Gasteiger partial charge in [-0.25, -0.2) is 0 Å². The summed E-state index contributed by atoms with van der Waals surface area (Å²) in [5, 5.41) is 0. The van der Waals surface area contributed by atoms with Crippen molar-refractivity contribution in [1.29, 1.82) is 0 Å². The van der Waals surface area contributed by atoms with E-state index >= 15 is 0 Å². The van der Waals surface area contributed by atoms with E-state index in [1.807, 2.05) is 12.1 Å². The van der Waals surface area contributed by atoms with Gasteiger partial charge in [0.25, 0.3) is 0 Å². The number of unbranched alkanes of at least 4 members (excludes halogenated alkanes) is 1. The van der Waals surface area contributed by atoms with Crippen LogP contribution in [0, 0.1) is 5.41 Å². The average molecular weight is 377 g/mol. The van der Waals surface area contributed by atoms with E-state index in [2.05, 4.69) is 68.1 Å². The highest BCUT2D eigenvalue weighted by Gasteiger charge is 2.30. The Kier molecular flexibility index (Phi) is 9.76. The van der Waals surface area contributed by atoms with Crippen molar-refractivity contribution >= 4 is 5.78 Å². The van der Waals surface area contributed by atoms with E-state index in [0.29, 0.717) is 11.2 Å². The van der Waals surface area contributed by atoms with E-state index in [9.17, 15) is 4.79 Å². The first-order chi connectivity index (χ1) is 13.6. The summed E-state index contributed by atoms with van der Waals surface area (Å²) in [6.45, 7) is 5.97. The van der Waals surface area contributed by atoms with Gasteiger partial charge >= 0.3 is 0 Å². The standard InChI is InChI=1S/C17H24O.C10H12/c1-17(13-7-11-16(18)14-17)12-6-5-10-15-8-3-2-4-9-15;1-2-3-7-10-8-5-4-6-9-10/h2-4,8-9H,5-7,10-14H2,1H3;2,4-6,8-9H,1,3,7H2/t17-;/m1./s1. The van der Waals surface area contributed by atoms with Crippen molar-refractivity contribution in [2.75, 3.05) is 0 Å². The van der Waals surface area contributed by atoms with Crippen LogP contribution in [0.4, 0.5) is 0 Å². The Morgan fingerprint density at radius 3 is 2.11 bits per heavy atom. The normalized spacial score (nSPS) is 18.8. The summed E-state index contributed by atoms with van der Waals surface area (Å²) >= 11 is 0. The topological polar surface area (TPSA) is 17.1 Å². The fourth-order valence-corrected chi connectivity index (χ4v) is 4.02. The molecule has 3 rings (SSSR count). The summed E-state index contributed by atoms with van der Waals surface area (Å²) in [4.78, 5) is 11.5. The van der Waals surface area contributed by atoms with Gasteiger partial charge in [0, 0.05) is 12.8 Å². The Bertz CT molecular complexity index is 689. The fraction of sp³-hybridized carbons (Fsp3) is 0.444. The number of ketones is 1. The highest BCUT2D eigenvalue weighted by atomic mass is 16.1. The highest BCUT2D eigenvalue weighted by molar-refractivity contribution is 5.79. The van der Waals surface area contributed by atoms with Gasteiger partial charge in [-0.3, -0.25) is 4.79 Å². The average Bonchev–Trinajstić information content (AvgIpc) is 2.72. The van der Waals surface area contributed by atoms with Crippen LogP contribution in [0.3, 0.4) is 0 Å². The number of Topliss-reactive ketones (excluding diaryl/α,β-unsaturated/α-hetero) is 1. The lowest BCUT2D eigenvalue weighted by Crippen LogP contribution is -2.25. The van der Waals surface area contributed by atoms with Gasteiger partial charge in [0.05, 0.1) is 0 Å². The molecule has 0 bridgehead atoms. The van der Waals surface area contributed by atoms with E-state index in [0.717, 1.165) is 32.1 Å². The number of aryl methyl sites for hydroxylation is 2. The minimum Gasteiger partial charge on any atom is -0.300 e. The Labute approximate surface area is 171 Å². The van der Waals surface area contributed by atoms with Crippen LogP contribution < -0.4 is 0 Å². The second kappa shape index (κ2) is 12.3. The Morgan fingerprint density at radius 2 is 1.54 bits per heavy atom. The van der Waals surface area contributed by atoms with Crippen molar-refractivity contribution in [2.24, 2.45) is 5.41 Å². The van der Waals surface area contributed by atoms with Crippen LogP contribution in [-0.4, -0.2) is 5.78 Å². The molecule has 28 heavy (non-hydrogen) atoms. The van der Waals surface area contributed by atoms with Crippen molar-refractivity contribution in [1.82, 2.24) is 0 Å². The molecule has 1 saturated carbocycles. The number of rotatable bonds is 8. The van der Waals surface area contributed by atoms with Crippen LogP contribution >= 0.6 is 0 Å². The van der Waals surface area contributed by atoms with Crippen LogP contribution in [0.25, 0.3) is 0 Å². The van der Waals surface area contributed by atoms with Gasteiger partial charge in [-0.05, 0) is 61.5 Å². The molecule has 2 aromatic carbocycles. The molecule has 1 aliphatic rings. The monoisotopic (exact) mass is 376 g/mol. The van der Waals surface area contributed by atoms with Gasteiger partial charge in [0.2, 0.25) is 0 Å². The van der Waals surface area contributed by atoms with Crippen LogP contribution in [0.15, 0.2) is 73.3 Å². The number of benzene rings is 2. The fourth-order valence-electron chi connectivity index (χ4n) is 4.02. The second-order valence-corrected chi connectivity index (χ2v) is 8.39. The molecule has 1 fully saturated rings. The molecule has 1 heteroatoms. The maximum Gasteiger partial charge on any atom is 0.133 e. The lowest BCUT2D eigenvalue weighted by Gasteiger charge is -2.32. The van der Waals surface area contributed by atoms with Crippen LogP contribution in [0.2, 0.25) is 0 Å². The molecule has 150 valence electrons. The quantitative estimate of drug-likeness (QED) is 0.347. The number of allylic oxidation sites excluding steroid dienone is 1. The zero-order valence-corrected chi connectivity index (χ0v) is 17.5. The SMILES string of the molecule is C=CCCc1ccccc1.C[C@@]1(CCCCc2ccccc2)CCCC(=O)C1. The molecular weight excluding hydrogens is 340 g/mol. The first kappa shape index (κ1) is 22.1. The molecule has 1 nitrogen and oxygen atoms in total. The number of hydrogen-bond acceptors (Lipinski definition) is 1. The zero-order valence-electron chi connectivity index (χ0n) is 17.5. The lowest BCUT2D eigenvalue weighted by molar-refractivity contribution is -0.123. The van der Waals surface area contributed by atoms with Gasteiger partial charge in [-0.1, -0.05) is 80.1 Å². The highest BCUT2D eigenvalue weighted by Crippen LogP contribution is 2.38. The minimum atomic E-state index is 0.298. The summed E-state index contributed by atoms with van der Waals surface area (Å²) in [5.74, 6) is 0.479. The van der Waals surface area contributed by atoms with Crippen LogP contribution in [0.1, 0.15) is 69.4 Å². The van der Waals surface area contributed by atoms with E-state index in [1.165, 1.54) is 43.2 Å². The van der Waals surface area contributed by atoms with Crippen LogP contribution in [-0.2, 0) is 17.6 Å². The van der Waals surface area contributed by atoms with Crippen molar-refractivity contribution in [3.05, 3.63) is 84.4 Å². The molecule has 0 amide bonds. The summed E-state index contributed by atoms with van der Waals surface area (Å²) in [6.07, 6.45) is 13.0. The second-order valence-electron chi connectivity index (χ2n) is 8.39. The molecule has 0 aliphatic heterocycles. The first-order valence-corrected chi connectivity index (χ1v) is 10.8. The van der Waals surface area contributed by atoms with E-state index in [1.54, 1.807) is 0 Å². The molecule has 0 heterocycles. The Morgan fingerprint density at radius 1 is 0.929 bits per heavy atom. The first-order valence-electron chi connectivity index (χ1n) is 10.8. The summed E-state index contributed by atoms with van der Waals surface area (Å²) in [5.41, 5.74) is 3.12. The summed E-state index contributed by atoms with van der Waals surface area (Å²) in [6, 6.07) is 21.1. The Hall–Kier alpha value is -2.15. The van der Waals surface area contributed by atoms with E-state index in [4.69, 9.17) is 0 Å². The minimum absolute atomic E-state index is 0.298. The van der Waals surface area contributed by atoms with Gasteiger partial charge in [0.1, 0.15) is 5.78 Å². The molecule has 0 saturated heterocycles. The van der Waals surface area contributed by atoms with E-state index in [-0.39, 0.29) is 0 Å². The van der Waals surface area contributed by atoms with Gasteiger partial charge in [0.15, 0.2) is 0 Å². The summed E-state index contributed by atoms with van der Waals surface area (Å²) < 4.78 is 0. The third-order valence-electron chi connectivity index (χ3n) is 5.68. The lowest BCUT2D eigenvalue weighted by atomic mass is 9.72. The molecule has 1 atom stereocenters. The maximum absolute atomic E-state index is 11.5. The van der Waals surface area contributed by atoms with Crippen molar-refractivity contribution in [3.63, 3.8) is 0 Å². The third-order valence-corrected chi connectivity index (χ3v) is 5.68. The molecular formula is C27H36O. The molecule has 0 spiro atoms. The van der Waals surface area contributed by atoms with Gasteiger partial charge in [-0.2, -0.15) is 0 Å². The van der Waals surface area contributed by atoms with Gasteiger partial charge < -0.3 is 0 Å². The number of carbonyl (C=O) groups excluding carboxylic acids is 1. The molecule has 1 aliphatic carbocycles. The predicted molar refractivity (Wildman–Crippen MR) is 121 cm³/mol.